The number of hydrogen-bond acceptors (Lipinski definition) is 6. The Morgan fingerprint density at radius 2 is 2.12 bits per heavy atom. The van der Waals surface area contributed by atoms with Gasteiger partial charge in [-0.15, -0.1) is 0 Å². The summed E-state index contributed by atoms with van der Waals surface area (Å²) in [4.78, 5) is 18.3. The molecule has 1 aliphatic heterocycles. The largest absolute Gasteiger partial charge is 0.383 e. The Kier molecular flexibility index (Phi) is 5.23. The number of aryl methyl sites for hydroxylation is 1. The normalized spacial score (nSPS) is 18.1. The zero-order chi connectivity index (χ0) is 23.1. The molecule has 9 heteroatoms. The van der Waals surface area contributed by atoms with Crippen LogP contribution in [-0.4, -0.2) is 61.7 Å². The molecule has 1 fully saturated rings. The molecule has 0 aliphatic carbocycles. The van der Waals surface area contributed by atoms with Crippen molar-refractivity contribution in [1.82, 2.24) is 29.4 Å². The van der Waals surface area contributed by atoms with E-state index in [-0.39, 0.29) is 18.0 Å². The lowest BCUT2D eigenvalue weighted by molar-refractivity contribution is -0.130. The number of pyridine rings is 1. The van der Waals surface area contributed by atoms with E-state index in [1.807, 2.05) is 47.1 Å². The average Bonchev–Trinajstić information content (AvgIpc) is 3.47. The lowest BCUT2D eigenvalue weighted by Crippen LogP contribution is -2.36. The minimum atomic E-state index is 0.000596. The standard InChI is InChI=1S/C24H25N7O2/c1-15(32)30-13-18(11-19(30)14-33-3)31-22-8-9-26-24(25)23(22)21(28-31)7-5-16-4-6-20-17(10-16)12-29(2)27-20/h4,6,8-10,12,18-19H,11,13-14H2,1-3H3,(H2,25,26)/t18-,19+/m0/s1. The molecule has 0 radical (unpaired) electrons. The van der Waals surface area contributed by atoms with E-state index in [0.717, 1.165) is 33.8 Å². The van der Waals surface area contributed by atoms with Gasteiger partial charge < -0.3 is 15.4 Å². The highest BCUT2D eigenvalue weighted by molar-refractivity contribution is 5.93. The van der Waals surface area contributed by atoms with E-state index < -0.39 is 0 Å². The first-order valence-corrected chi connectivity index (χ1v) is 10.8. The minimum absolute atomic E-state index is 0.000596. The second kappa shape index (κ2) is 8.22. The summed E-state index contributed by atoms with van der Waals surface area (Å²) in [5, 5.41) is 11.0. The van der Waals surface area contributed by atoms with Crippen LogP contribution in [0.1, 0.15) is 30.6 Å². The second-order valence-electron chi connectivity index (χ2n) is 8.38. The van der Waals surface area contributed by atoms with Crippen molar-refractivity contribution in [3.8, 4) is 11.8 Å². The Balaban J connectivity index is 1.55. The van der Waals surface area contributed by atoms with Gasteiger partial charge in [-0.3, -0.25) is 14.2 Å². The van der Waals surface area contributed by atoms with Crippen LogP contribution in [0.15, 0.2) is 36.7 Å². The van der Waals surface area contributed by atoms with Crippen molar-refractivity contribution < 1.29 is 9.53 Å². The molecule has 0 bridgehead atoms. The Morgan fingerprint density at radius 1 is 1.27 bits per heavy atom. The Labute approximate surface area is 191 Å². The molecule has 0 spiro atoms. The van der Waals surface area contributed by atoms with Gasteiger partial charge in [0, 0.05) is 51.0 Å². The fourth-order valence-electron chi connectivity index (χ4n) is 4.64. The van der Waals surface area contributed by atoms with Crippen LogP contribution in [0.25, 0.3) is 21.8 Å². The number of nitrogen functional groups attached to an aromatic ring is 1. The molecule has 9 nitrogen and oxygen atoms in total. The molecule has 1 amide bonds. The van der Waals surface area contributed by atoms with Crippen molar-refractivity contribution in [2.75, 3.05) is 26.0 Å². The van der Waals surface area contributed by atoms with Gasteiger partial charge in [0.1, 0.15) is 11.5 Å². The third-order valence-corrected chi connectivity index (χ3v) is 6.10. The maximum Gasteiger partial charge on any atom is 0.219 e. The SMILES string of the molecule is COC[C@H]1C[C@H](n2nc(C#Cc3ccc4nn(C)cc4c3)c3c(N)nccc32)CN1C(C)=O. The number of benzene rings is 1. The fourth-order valence-corrected chi connectivity index (χ4v) is 4.64. The van der Waals surface area contributed by atoms with Crippen molar-refractivity contribution in [3.05, 3.63) is 47.9 Å². The topological polar surface area (TPSA) is 104 Å². The summed E-state index contributed by atoms with van der Waals surface area (Å²) in [5.74, 6) is 6.83. The fraction of sp³-hybridized carbons (Fsp3) is 0.333. The van der Waals surface area contributed by atoms with Crippen molar-refractivity contribution >= 4 is 33.5 Å². The lowest BCUT2D eigenvalue weighted by atomic mass is 10.1. The summed E-state index contributed by atoms with van der Waals surface area (Å²) >= 11 is 0. The highest BCUT2D eigenvalue weighted by Crippen LogP contribution is 2.32. The number of methoxy groups -OCH3 is 1. The Hall–Kier alpha value is -3.90. The van der Waals surface area contributed by atoms with Gasteiger partial charge in [-0.05, 0) is 36.6 Å². The van der Waals surface area contributed by atoms with Crippen molar-refractivity contribution in [1.29, 1.82) is 0 Å². The molecule has 2 N–H and O–H groups in total. The van der Waals surface area contributed by atoms with Crippen LogP contribution >= 0.6 is 0 Å². The maximum absolute atomic E-state index is 12.2. The molecular weight excluding hydrogens is 418 g/mol. The number of amides is 1. The summed E-state index contributed by atoms with van der Waals surface area (Å²) in [6.07, 6.45) is 4.38. The van der Waals surface area contributed by atoms with Gasteiger partial charge in [-0.25, -0.2) is 4.98 Å². The van der Waals surface area contributed by atoms with Crippen molar-refractivity contribution in [2.45, 2.75) is 25.4 Å². The molecule has 1 aliphatic rings. The first kappa shape index (κ1) is 21.0. The highest BCUT2D eigenvalue weighted by Gasteiger charge is 2.36. The number of carbonyl (C=O) groups excluding carboxylic acids is 1. The van der Waals surface area contributed by atoms with E-state index in [2.05, 4.69) is 21.9 Å². The van der Waals surface area contributed by atoms with Gasteiger partial charge in [0.05, 0.1) is 35.1 Å². The number of rotatable bonds is 3. The number of nitrogens with two attached hydrogens (primary N) is 1. The molecule has 33 heavy (non-hydrogen) atoms. The second-order valence-corrected chi connectivity index (χ2v) is 8.38. The van der Waals surface area contributed by atoms with Crippen molar-refractivity contribution in [2.24, 2.45) is 7.05 Å². The third kappa shape index (κ3) is 3.79. The first-order valence-electron chi connectivity index (χ1n) is 10.8. The highest BCUT2D eigenvalue weighted by atomic mass is 16.5. The summed E-state index contributed by atoms with van der Waals surface area (Å²) in [7, 11) is 3.55. The zero-order valence-corrected chi connectivity index (χ0v) is 18.8. The van der Waals surface area contributed by atoms with Gasteiger partial charge in [-0.1, -0.05) is 5.92 Å². The van der Waals surface area contributed by atoms with E-state index in [1.54, 1.807) is 24.9 Å². The quantitative estimate of drug-likeness (QED) is 0.487. The van der Waals surface area contributed by atoms with Crippen LogP contribution in [0.3, 0.4) is 0 Å². The number of nitrogens with zero attached hydrogens (tertiary/aromatic N) is 6. The van der Waals surface area contributed by atoms with Crippen LogP contribution < -0.4 is 5.73 Å². The van der Waals surface area contributed by atoms with Crippen LogP contribution in [-0.2, 0) is 16.6 Å². The van der Waals surface area contributed by atoms with Gasteiger partial charge in [-0.2, -0.15) is 10.2 Å². The van der Waals surface area contributed by atoms with Crippen LogP contribution in [0.2, 0.25) is 0 Å². The predicted octanol–water partition coefficient (Wildman–Crippen LogP) is 2.11. The Morgan fingerprint density at radius 3 is 2.91 bits per heavy atom. The maximum atomic E-state index is 12.2. The summed E-state index contributed by atoms with van der Waals surface area (Å²) < 4.78 is 9.06. The van der Waals surface area contributed by atoms with Crippen LogP contribution in [0, 0.1) is 11.8 Å². The lowest BCUT2D eigenvalue weighted by Gasteiger charge is -2.21. The van der Waals surface area contributed by atoms with E-state index >= 15 is 0 Å². The van der Waals surface area contributed by atoms with Gasteiger partial charge >= 0.3 is 0 Å². The van der Waals surface area contributed by atoms with E-state index in [0.29, 0.717) is 24.7 Å². The smallest absolute Gasteiger partial charge is 0.219 e. The molecule has 168 valence electrons. The predicted molar refractivity (Wildman–Crippen MR) is 125 cm³/mol. The monoisotopic (exact) mass is 443 g/mol. The summed E-state index contributed by atoms with van der Waals surface area (Å²) in [6.45, 7) is 2.64. The molecular formula is C24H25N7O2. The zero-order valence-electron chi connectivity index (χ0n) is 18.8. The van der Waals surface area contributed by atoms with Crippen LogP contribution in [0.5, 0.6) is 0 Å². The van der Waals surface area contributed by atoms with Crippen molar-refractivity contribution in [3.63, 3.8) is 0 Å². The first-order chi connectivity index (χ1) is 15.9. The molecule has 1 aromatic carbocycles. The molecule has 0 unspecified atom stereocenters. The van der Waals surface area contributed by atoms with E-state index in [9.17, 15) is 4.79 Å². The molecule has 1 saturated heterocycles. The average molecular weight is 444 g/mol. The molecule has 3 aromatic heterocycles. The number of likely N-dealkylation sites (tertiary alicyclic amines) is 1. The molecule has 4 heterocycles. The van der Waals surface area contributed by atoms with E-state index in [4.69, 9.17) is 15.6 Å². The molecule has 2 atom stereocenters. The summed E-state index contributed by atoms with van der Waals surface area (Å²) in [6, 6.07) is 7.81. The van der Waals surface area contributed by atoms with Gasteiger partial charge in [0.2, 0.25) is 5.91 Å². The minimum Gasteiger partial charge on any atom is -0.383 e. The number of fused-ring (bicyclic) bond motifs is 2. The number of anilines is 1. The third-order valence-electron chi connectivity index (χ3n) is 6.10. The van der Waals surface area contributed by atoms with E-state index in [1.165, 1.54) is 0 Å². The number of aromatic nitrogens is 5. The number of ether oxygens (including phenoxy) is 1. The molecule has 5 rings (SSSR count). The van der Waals surface area contributed by atoms with Gasteiger partial charge in [0.25, 0.3) is 0 Å². The number of hydrogen-bond donors (Lipinski definition) is 1. The van der Waals surface area contributed by atoms with Crippen LogP contribution in [0.4, 0.5) is 5.82 Å². The molecule has 0 saturated carbocycles. The molecule has 4 aromatic rings. The Bertz CT molecular complexity index is 1430. The van der Waals surface area contributed by atoms with Gasteiger partial charge in [0.15, 0.2) is 0 Å². The number of carbonyl (C=O) groups is 1. The summed E-state index contributed by atoms with van der Waals surface area (Å²) in [5.41, 5.74) is 9.46.